The Labute approximate surface area is 194 Å². The van der Waals surface area contributed by atoms with Gasteiger partial charge < -0.3 is 24.4 Å². The fourth-order valence-corrected chi connectivity index (χ4v) is 3.94. The Bertz CT molecular complexity index is 946. The summed E-state index contributed by atoms with van der Waals surface area (Å²) in [5.74, 6) is 1.28. The van der Waals surface area contributed by atoms with Crippen LogP contribution in [0.15, 0.2) is 48.5 Å². The van der Waals surface area contributed by atoms with Crippen LogP contribution in [0.2, 0.25) is 0 Å². The molecule has 2 heterocycles. The lowest BCUT2D eigenvalue weighted by molar-refractivity contribution is -0.125. The quantitative estimate of drug-likeness (QED) is 0.588. The van der Waals surface area contributed by atoms with Gasteiger partial charge in [-0.05, 0) is 43.7 Å². The summed E-state index contributed by atoms with van der Waals surface area (Å²) in [5, 5.41) is 2.93. The van der Waals surface area contributed by atoms with Crippen LogP contribution < -0.4 is 19.7 Å². The number of hydrogen-bond donors (Lipinski definition) is 1. The first-order valence-corrected chi connectivity index (χ1v) is 11.5. The molecule has 2 aromatic rings. The van der Waals surface area contributed by atoms with Gasteiger partial charge in [0.2, 0.25) is 5.91 Å². The summed E-state index contributed by atoms with van der Waals surface area (Å²) in [5.41, 5.74) is 1.33. The maximum Gasteiger partial charge on any atom is 0.267 e. The maximum atomic E-state index is 12.8. The van der Waals surface area contributed by atoms with Crippen LogP contribution in [0.1, 0.15) is 19.8 Å². The zero-order valence-electron chi connectivity index (χ0n) is 19.0. The van der Waals surface area contributed by atoms with E-state index in [0.717, 1.165) is 38.6 Å². The molecule has 0 aromatic heterocycles. The van der Waals surface area contributed by atoms with Crippen LogP contribution >= 0.6 is 0 Å². The highest BCUT2D eigenvalue weighted by Gasteiger charge is 2.32. The lowest BCUT2D eigenvalue weighted by atomic mass is 10.1. The molecule has 0 aliphatic carbocycles. The van der Waals surface area contributed by atoms with Gasteiger partial charge >= 0.3 is 0 Å². The Morgan fingerprint density at radius 1 is 1.12 bits per heavy atom. The van der Waals surface area contributed by atoms with Crippen LogP contribution in [0.25, 0.3) is 0 Å². The highest BCUT2D eigenvalue weighted by molar-refractivity contribution is 6.01. The second-order valence-corrected chi connectivity index (χ2v) is 8.20. The standard InChI is InChI=1S/C25H31N3O5/c1-19-25(30)28(12-11-27-13-16-31-17-14-27)22-18-20(9-10-23(22)33-19)26-24(29)8-5-15-32-21-6-3-2-4-7-21/h2-4,6-7,9-10,18-19H,5,8,11-17H2,1H3,(H,26,29). The van der Waals surface area contributed by atoms with Gasteiger partial charge in [-0.25, -0.2) is 0 Å². The molecule has 1 saturated heterocycles. The molecule has 0 spiro atoms. The highest BCUT2D eigenvalue weighted by atomic mass is 16.5. The normalized spacial score (nSPS) is 18.4. The van der Waals surface area contributed by atoms with E-state index >= 15 is 0 Å². The molecule has 176 valence electrons. The Morgan fingerprint density at radius 2 is 1.91 bits per heavy atom. The minimum atomic E-state index is -0.535. The number of para-hydroxylation sites is 1. The number of nitrogens with zero attached hydrogens (tertiary/aromatic N) is 2. The van der Waals surface area contributed by atoms with Crippen LogP contribution in [0.3, 0.4) is 0 Å². The molecule has 4 rings (SSSR count). The summed E-state index contributed by atoms with van der Waals surface area (Å²) < 4.78 is 16.8. The van der Waals surface area contributed by atoms with Gasteiger partial charge in [0.25, 0.3) is 5.91 Å². The van der Waals surface area contributed by atoms with Gasteiger partial charge in [-0.2, -0.15) is 0 Å². The van der Waals surface area contributed by atoms with Crippen molar-refractivity contribution in [3.63, 3.8) is 0 Å². The van der Waals surface area contributed by atoms with E-state index in [4.69, 9.17) is 14.2 Å². The number of morpholine rings is 1. The van der Waals surface area contributed by atoms with Crippen LogP contribution in [-0.4, -0.2) is 68.8 Å². The summed E-state index contributed by atoms with van der Waals surface area (Å²) in [4.78, 5) is 29.3. The van der Waals surface area contributed by atoms with Crippen molar-refractivity contribution >= 4 is 23.2 Å². The average molecular weight is 454 g/mol. The third kappa shape index (κ3) is 6.24. The van der Waals surface area contributed by atoms with E-state index in [1.165, 1.54) is 0 Å². The van der Waals surface area contributed by atoms with Gasteiger partial charge in [0, 0.05) is 38.3 Å². The molecule has 1 unspecified atom stereocenters. The summed E-state index contributed by atoms with van der Waals surface area (Å²) in [6.45, 7) is 6.73. The first-order chi connectivity index (χ1) is 16.1. The predicted octanol–water partition coefficient (Wildman–Crippen LogP) is 2.93. The number of amides is 2. The van der Waals surface area contributed by atoms with E-state index in [0.29, 0.717) is 43.1 Å². The molecule has 2 aliphatic rings. The summed E-state index contributed by atoms with van der Waals surface area (Å²) >= 11 is 0. The number of benzene rings is 2. The van der Waals surface area contributed by atoms with Gasteiger partial charge in [0.1, 0.15) is 11.5 Å². The Balaban J connectivity index is 1.33. The molecule has 1 N–H and O–H groups in total. The number of rotatable bonds is 9. The number of carbonyl (C=O) groups is 2. The molecule has 2 aliphatic heterocycles. The smallest absolute Gasteiger partial charge is 0.267 e. The predicted molar refractivity (Wildman–Crippen MR) is 126 cm³/mol. The number of hydrogen-bond acceptors (Lipinski definition) is 6. The molecular weight excluding hydrogens is 422 g/mol. The van der Waals surface area contributed by atoms with Crippen molar-refractivity contribution in [2.45, 2.75) is 25.9 Å². The second-order valence-electron chi connectivity index (χ2n) is 8.20. The lowest BCUT2D eigenvalue weighted by Gasteiger charge is -2.35. The molecule has 8 nitrogen and oxygen atoms in total. The lowest BCUT2D eigenvalue weighted by Crippen LogP contribution is -2.48. The number of fused-ring (bicyclic) bond motifs is 1. The van der Waals surface area contributed by atoms with Gasteiger partial charge in [-0.1, -0.05) is 18.2 Å². The summed E-state index contributed by atoms with van der Waals surface area (Å²) in [6.07, 6.45) is 0.417. The zero-order chi connectivity index (χ0) is 23.0. The van der Waals surface area contributed by atoms with Crippen LogP contribution in [0, 0.1) is 0 Å². The SMILES string of the molecule is CC1Oc2ccc(NC(=O)CCCOc3ccccc3)cc2N(CCN2CCOCC2)C1=O. The average Bonchev–Trinajstić information content (AvgIpc) is 2.84. The van der Waals surface area contributed by atoms with Gasteiger partial charge in [0.05, 0.1) is 25.5 Å². The van der Waals surface area contributed by atoms with Crippen LogP contribution in [0.5, 0.6) is 11.5 Å². The topological polar surface area (TPSA) is 80.3 Å². The van der Waals surface area contributed by atoms with E-state index < -0.39 is 6.10 Å². The highest BCUT2D eigenvalue weighted by Crippen LogP contribution is 2.36. The molecule has 0 saturated carbocycles. The summed E-state index contributed by atoms with van der Waals surface area (Å²) in [6, 6.07) is 15.0. The van der Waals surface area contributed by atoms with Crippen molar-refractivity contribution in [3.8, 4) is 11.5 Å². The number of anilines is 2. The van der Waals surface area contributed by atoms with Gasteiger partial charge in [0.15, 0.2) is 6.10 Å². The summed E-state index contributed by atoms with van der Waals surface area (Å²) in [7, 11) is 0. The fraction of sp³-hybridized carbons (Fsp3) is 0.440. The molecular formula is C25H31N3O5. The van der Waals surface area contributed by atoms with Crippen molar-refractivity contribution in [2.24, 2.45) is 0 Å². The molecule has 2 aromatic carbocycles. The number of ether oxygens (including phenoxy) is 3. The first-order valence-electron chi connectivity index (χ1n) is 11.5. The number of carbonyl (C=O) groups excluding carboxylic acids is 2. The molecule has 0 bridgehead atoms. The molecule has 8 heteroatoms. The van der Waals surface area contributed by atoms with E-state index in [2.05, 4.69) is 10.2 Å². The Morgan fingerprint density at radius 3 is 2.70 bits per heavy atom. The first kappa shape index (κ1) is 23.1. The van der Waals surface area contributed by atoms with Crippen molar-refractivity contribution in [1.29, 1.82) is 0 Å². The molecule has 33 heavy (non-hydrogen) atoms. The minimum Gasteiger partial charge on any atom is -0.494 e. The molecule has 0 radical (unpaired) electrons. The molecule has 1 atom stereocenters. The van der Waals surface area contributed by atoms with E-state index in [1.807, 2.05) is 42.5 Å². The van der Waals surface area contributed by atoms with Crippen molar-refractivity contribution < 1.29 is 23.8 Å². The fourth-order valence-electron chi connectivity index (χ4n) is 3.94. The van der Waals surface area contributed by atoms with Gasteiger partial charge in [-0.3, -0.25) is 14.5 Å². The number of nitrogens with one attached hydrogen (secondary N) is 1. The largest absolute Gasteiger partial charge is 0.494 e. The minimum absolute atomic E-state index is 0.0719. The van der Waals surface area contributed by atoms with Crippen molar-refractivity contribution in [2.75, 3.05) is 56.2 Å². The van der Waals surface area contributed by atoms with Crippen LogP contribution in [0.4, 0.5) is 11.4 Å². The Kier molecular flexibility index (Phi) is 7.80. The van der Waals surface area contributed by atoms with Crippen molar-refractivity contribution in [3.05, 3.63) is 48.5 Å². The third-order valence-electron chi connectivity index (χ3n) is 5.75. The Hall–Kier alpha value is -3.10. The van der Waals surface area contributed by atoms with E-state index in [-0.39, 0.29) is 11.8 Å². The van der Waals surface area contributed by atoms with E-state index in [9.17, 15) is 9.59 Å². The zero-order valence-corrected chi connectivity index (χ0v) is 19.0. The van der Waals surface area contributed by atoms with Crippen LogP contribution in [-0.2, 0) is 14.3 Å². The third-order valence-corrected chi connectivity index (χ3v) is 5.75. The molecule has 1 fully saturated rings. The van der Waals surface area contributed by atoms with E-state index in [1.54, 1.807) is 17.9 Å². The molecule has 2 amide bonds. The van der Waals surface area contributed by atoms with Crippen molar-refractivity contribution in [1.82, 2.24) is 4.90 Å². The van der Waals surface area contributed by atoms with Gasteiger partial charge in [-0.15, -0.1) is 0 Å². The maximum absolute atomic E-state index is 12.8. The monoisotopic (exact) mass is 453 g/mol. The second kappa shape index (κ2) is 11.2.